The van der Waals surface area contributed by atoms with Crippen molar-refractivity contribution in [1.82, 2.24) is 4.90 Å². The molecule has 2 aromatic rings. The Bertz CT molecular complexity index is 666. The van der Waals surface area contributed by atoms with E-state index < -0.39 is 0 Å². The van der Waals surface area contributed by atoms with E-state index in [1.807, 2.05) is 11.4 Å². The molecule has 1 N–H and O–H groups in total. The molecule has 0 aliphatic rings. The Balaban J connectivity index is 2.02. The van der Waals surface area contributed by atoms with Gasteiger partial charge in [-0.2, -0.15) is 0 Å². The number of aliphatic hydroxyl groups excluding tert-OH is 1. The number of rotatable bonds is 3. The first kappa shape index (κ1) is 15.1. The molecule has 20 heavy (non-hydrogen) atoms. The molecule has 0 saturated carbocycles. The van der Waals surface area contributed by atoms with Gasteiger partial charge in [0, 0.05) is 22.9 Å². The summed E-state index contributed by atoms with van der Waals surface area (Å²) in [6.07, 6.45) is 0. The third-order valence-corrected chi connectivity index (χ3v) is 4.63. The Morgan fingerprint density at radius 1 is 1.50 bits per heavy atom. The number of hydrogen-bond acceptors (Lipinski definition) is 4. The van der Waals surface area contributed by atoms with Crippen LogP contribution in [0, 0.1) is 11.8 Å². The minimum atomic E-state index is -0.150. The van der Waals surface area contributed by atoms with Crippen molar-refractivity contribution in [2.75, 3.05) is 13.7 Å². The Hall–Kier alpha value is -1.32. The fourth-order valence-electron chi connectivity index (χ4n) is 1.59. The number of thiophene rings is 2. The number of aliphatic hydroxyl groups is 1. The molecule has 0 aliphatic heterocycles. The van der Waals surface area contributed by atoms with E-state index in [1.54, 1.807) is 35.4 Å². The molecule has 0 bridgehead atoms. The first-order chi connectivity index (χ1) is 9.60. The lowest BCUT2D eigenvalue weighted by atomic mass is 10.3. The molecule has 0 unspecified atom stereocenters. The van der Waals surface area contributed by atoms with Gasteiger partial charge in [0.1, 0.15) is 6.61 Å². The maximum atomic E-state index is 12.2. The number of carbonyl (C=O) groups excluding carboxylic acids is 1. The molecule has 2 heterocycles. The Morgan fingerprint density at radius 3 is 2.95 bits per heavy atom. The highest BCUT2D eigenvalue weighted by molar-refractivity contribution is 7.18. The van der Waals surface area contributed by atoms with E-state index >= 15 is 0 Å². The van der Waals surface area contributed by atoms with Crippen LogP contribution < -0.4 is 0 Å². The summed E-state index contributed by atoms with van der Waals surface area (Å²) in [6.45, 7) is 0.378. The third-order valence-electron chi connectivity index (χ3n) is 2.49. The summed E-state index contributed by atoms with van der Waals surface area (Å²) in [5, 5.41) is 10.6. The van der Waals surface area contributed by atoms with Crippen molar-refractivity contribution in [3.05, 3.63) is 43.2 Å². The normalized spacial score (nSPS) is 9.95. The molecule has 0 radical (unpaired) electrons. The molecule has 0 saturated heterocycles. The minimum absolute atomic E-state index is 0.0432. The van der Waals surface area contributed by atoms with Crippen LogP contribution in [0.3, 0.4) is 0 Å². The van der Waals surface area contributed by atoms with Gasteiger partial charge in [0.15, 0.2) is 0 Å². The number of nitrogens with zero attached hydrogens (tertiary/aromatic N) is 1. The molecule has 104 valence electrons. The van der Waals surface area contributed by atoms with Crippen molar-refractivity contribution >= 4 is 40.2 Å². The lowest BCUT2D eigenvalue weighted by Crippen LogP contribution is -2.24. The molecular formula is C14H12ClNO2S2. The van der Waals surface area contributed by atoms with Crippen LogP contribution in [0.25, 0.3) is 0 Å². The second-order valence-corrected chi connectivity index (χ2v) is 6.74. The van der Waals surface area contributed by atoms with Crippen LogP contribution >= 0.6 is 34.3 Å². The number of hydrogen-bond donors (Lipinski definition) is 1. The third kappa shape index (κ3) is 3.84. The van der Waals surface area contributed by atoms with Crippen molar-refractivity contribution < 1.29 is 9.90 Å². The summed E-state index contributed by atoms with van der Waals surface area (Å²) in [6, 6.07) is 5.39. The highest BCUT2D eigenvalue weighted by Gasteiger charge is 2.14. The quantitative estimate of drug-likeness (QED) is 0.881. The van der Waals surface area contributed by atoms with Crippen LogP contribution in [-0.2, 0) is 6.54 Å². The van der Waals surface area contributed by atoms with Gasteiger partial charge in [-0.25, -0.2) is 0 Å². The van der Waals surface area contributed by atoms with E-state index in [0.29, 0.717) is 15.8 Å². The fraction of sp³-hybridized carbons (Fsp3) is 0.214. The molecule has 2 aromatic heterocycles. The van der Waals surface area contributed by atoms with E-state index in [9.17, 15) is 4.79 Å². The van der Waals surface area contributed by atoms with Gasteiger partial charge < -0.3 is 10.0 Å². The predicted octanol–water partition coefficient (Wildman–Crippen LogP) is 3.08. The maximum Gasteiger partial charge on any atom is 0.264 e. The molecule has 0 atom stereocenters. The zero-order valence-corrected chi connectivity index (χ0v) is 13.1. The predicted molar refractivity (Wildman–Crippen MR) is 83.4 cm³/mol. The van der Waals surface area contributed by atoms with Crippen LogP contribution in [-0.4, -0.2) is 29.6 Å². The summed E-state index contributed by atoms with van der Waals surface area (Å²) in [7, 11) is 1.76. The van der Waals surface area contributed by atoms with Crippen molar-refractivity contribution in [2.45, 2.75) is 6.54 Å². The van der Waals surface area contributed by atoms with Gasteiger partial charge in [-0.1, -0.05) is 23.4 Å². The molecule has 1 amide bonds. The smallest absolute Gasteiger partial charge is 0.264 e. The molecule has 2 rings (SSSR count). The number of halogens is 1. The average Bonchev–Trinajstić information content (AvgIpc) is 3.04. The standard InChI is InChI=1S/C14H12ClNO2S2/c1-16(14(18)12-4-5-13(15)20-12)8-11-7-10(9-19-11)3-2-6-17/h4-5,7,9,17H,6,8H2,1H3. The van der Waals surface area contributed by atoms with E-state index in [2.05, 4.69) is 11.8 Å². The lowest BCUT2D eigenvalue weighted by Gasteiger charge is -2.14. The number of carbonyl (C=O) groups is 1. The maximum absolute atomic E-state index is 12.2. The summed E-state index contributed by atoms with van der Waals surface area (Å²) in [4.78, 5) is 15.5. The first-order valence-electron chi connectivity index (χ1n) is 5.78. The molecule has 0 aliphatic carbocycles. The second-order valence-electron chi connectivity index (χ2n) is 4.03. The monoisotopic (exact) mass is 325 g/mol. The Kier molecular flexibility index (Phi) is 5.21. The molecule has 0 aromatic carbocycles. The van der Waals surface area contributed by atoms with Crippen LogP contribution in [0.5, 0.6) is 0 Å². The van der Waals surface area contributed by atoms with Gasteiger partial charge >= 0.3 is 0 Å². The van der Waals surface area contributed by atoms with Crippen LogP contribution in [0.4, 0.5) is 0 Å². The Morgan fingerprint density at radius 2 is 2.30 bits per heavy atom. The van der Waals surface area contributed by atoms with E-state index in [-0.39, 0.29) is 12.5 Å². The molecule has 0 spiro atoms. The minimum Gasteiger partial charge on any atom is -0.384 e. The lowest BCUT2D eigenvalue weighted by molar-refractivity contribution is 0.0791. The molecule has 6 heteroatoms. The number of amides is 1. The summed E-state index contributed by atoms with van der Waals surface area (Å²) in [5.41, 5.74) is 0.860. The summed E-state index contributed by atoms with van der Waals surface area (Å²) < 4.78 is 0.611. The van der Waals surface area contributed by atoms with Crippen LogP contribution in [0.2, 0.25) is 4.34 Å². The SMILES string of the molecule is CN(Cc1cc(C#CCO)cs1)C(=O)c1ccc(Cl)s1. The summed E-state index contributed by atoms with van der Waals surface area (Å²) >= 11 is 8.66. The van der Waals surface area contributed by atoms with Gasteiger partial charge in [-0.05, 0) is 18.2 Å². The highest BCUT2D eigenvalue weighted by Crippen LogP contribution is 2.23. The van der Waals surface area contributed by atoms with Gasteiger partial charge in [0.2, 0.25) is 0 Å². The molecular weight excluding hydrogens is 314 g/mol. The Labute approximate surface area is 130 Å². The van der Waals surface area contributed by atoms with E-state index in [1.165, 1.54) is 11.3 Å². The van der Waals surface area contributed by atoms with Crippen molar-refractivity contribution in [2.24, 2.45) is 0 Å². The van der Waals surface area contributed by atoms with Crippen LogP contribution in [0.15, 0.2) is 23.6 Å². The van der Waals surface area contributed by atoms with Gasteiger partial charge in [0.05, 0.1) is 15.8 Å². The summed E-state index contributed by atoms with van der Waals surface area (Å²) in [5.74, 6) is 5.40. The van der Waals surface area contributed by atoms with Gasteiger partial charge in [0.25, 0.3) is 5.91 Å². The van der Waals surface area contributed by atoms with Crippen molar-refractivity contribution in [3.8, 4) is 11.8 Å². The topological polar surface area (TPSA) is 40.5 Å². The molecule has 0 fully saturated rings. The second kappa shape index (κ2) is 6.91. The zero-order chi connectivity index (χ0) is 14.5. The van der Waals surface area contributed by atoms with E-state index in [0.717, 1.165) is 10.4 Å². The largest absolute Gasteiger partial charge is 0.384 e. The molecule has 3 nitrogen and oxygen atoms in total. The van der Waals surface area contributed by atoms with E-state index in [4.69, 9.17) is 16.7 Å². The average molecular weight is 326 g/mol. The zero-order valence-electron chi connectivity index (χ0n) is 10.7. The van der Waals surface area contributed by atoms with Crippen molar-refractivity contribution in [1.29, 1.82) is 0 Å². The van der Waals surface area contributed by atoms with Gasteiger partial charge in [-0.15, -0.1) is 22.7 Å². The fourth-order valence-corrected chi connectivity index (χ4v) is 3.50. The highest BCUT2D eigenvalue weighted by atomic mass is 35.5. The first-order valence-corrected chi connectivity index (χ1v) is 7.85. The van der Waals surface area contributed by atoms with Crippen molar-refractivity contribution in [3.63, 3.8) is 0 Å². The van der Waals surface area contributed by atoms with Crippen LogP contribution in [0.1, 0.15) is 20.1 Å². The van der Waals surface area contributed by atoms with Gasteiger partial charge in [-0.3, -0.25) is 4.79 Å².